The molecule has 20 heavy (non-hydrogen) atoms. The third kappa shape index (κ3) is 5.80. The van der Waals surface area contributed by atoms with Gasteiger partial charge in [-0.25, -0.2) is 0 Å². The number of ether oxygens (including phenoxy) is 1. The zero-order valence-corrected chi connectivity index (χ0v) is 13.1. The Kier molecular flexibility index (Phi) is 5.84. The quantitative estimate of drug-likeness (QED) is 0.868. The summed E-state index contributed by atoms with van der Waals surface area (Å²) in [6.45, 7) is 5.10. The van der Waals surface area contributed by atoms with Crippen molar-refractivity contribution in [2.24, 2.45) is 0 Å². The van der Waals surface area contributed by atoms with E-state index in [-0.39, 0.29) is 18.9 Å². The average Bonchev–Trinajstić information content (AvgIpc) is 2.29. The van der Waals surface area contributed by atoms with Crippen molar-refractivity contribution in [3.8, 4) is 0 Å². The van der Waals surface area contributed by atoms with Crippen LogP contribution in [0.5, 0.6) is 0 Å². The fraction of sp³-hybridized carbons (Fsp3) is 0.429. The van der Waals surface area contributed by atoms with Crippen LogP contribution in [0.3, 0.4) is 0 Å². The Bertz CT molecular complexity index is 489. The van der Waals surface area contributed by atoms with Crippen LogP contribution in [0.2, 0.25) is 10.0 Å². The van der Waals surface area contributed by atoms with Crippen molar-refractivity contribution in [1.82, 2.24) is 5.32 Å². The molecule has 0 heterocycles. The predicted molar refractivity (Wildman–Crippen MR) is 79.0 cm³/mol. The van der Waals surface area contributed by atoms with Crippen molar-refractivity contribution < 1.29 is 14.3 Å². The summed E-state index contributed by atoms with van der Waals surface area (Å²) in [5.74, 6) is -0.832. The Hall–Kier alpha value is -1.26. The number of rotatable bonds is 4. The SMILES string of the molecule is CC(C)(C)OC(=O)CNC(=O)Cc1c(Cl)cccc1Cl. The third-order valence-corrected chi connectivity index (χ3v) is 2.96. The number of amides is 1. The summed E-state index contributed by atoms with van der Waals surface area (Å²) in [6, 6.07) is 5.01. The first-order chi connectivity index (χ1) is 9.19. The molecule has 0 aliphatic carbocycles. The van der Waals surface area contributed by atoms with Gasteiger partial charge in [0.05, 0.1) is 6.42 Å². The van der Waals surface area contributed by atoms with Gasteiger partial charge in [-0.1, -0.05) is 29.3 Å². The van der Waals surface area contributed by atoms with E-state index in [1.807, 2.05) is 0 Å². The van der Waals surface area contributed by atoms with Crippen molar-refractivity contribution in [3.05, 3.63) is 33.8 Å². The van der Waals surface area contributed by atoms with Gasteiger partial charge in [0, 0.05) is 10.0 Å². The molecule has 0 aliphatic rings. The lowest BCUT2D eigenvalue weighted by atomic mass is 10.1. The maximum Gasteiger partial charge on any atom is 0.325 e. The number of hydrogen-bond acceptors (Lipinski definition) is 3. The number of carbonyl (C=O) groups excluding carboxylic acids is 2. The Balaban J connectivity index is 2.51. The summed E-state index contributed by atoms with van der Waals surface area (Å²) in [7, 11) is 0. The van der Waals surface area contributed by atoms with Gasteiger partial charge in [-0.15, -0.1) is 0 Å². The highest BCUT2D eigenvalue weighted by Gasteiger charge is 2.17. The van der Waals surface area contributed by atoms with Crippen LogP contribution in [0.4, 0.5) is 0 Å². The molecule has 0 spiro atoms. The zero-order valence-electron chi connectivity index (χ0n) is 11.6. The van der Waals surface area contributed by atoms with E-state index in [0.717, 1.165) is 0 Å². The lowest BCUT2D eigenvalue weighted by molar-refractivity contribution is -0.154. The molecule has 4 nitrogen and oxygen atoms in total. The Labute approximate surface area is 128 Å². The van der Waals surface area contributed by atoms with Crippen LogP contribution in [0, 0.1) is 0 Å². The van der Waals surface area contributed by atoms with Gasteiger partial charge in [0.1, 0.15) is 12.1 Å². The Morgan fingerprint density at radius 2 is 1.75 bits per heavy atom. The van der Waals surface area contributed by atoms with E-state index < -0.39 is 11.6 Å². The second-order valence-corrected chi connectivity index (χ2v) is 6.05. The number of carbonyl (C=O) groups is 2. The molecule has 0 aromatic heterocycles. The maximum absolute atomic E-state index is 11.8. The predicted octanol–water partition coefficient (Wildman–Crippen LogP) is 2.99. The van der Waals surface area contributed by atoms with Crippen LogP contribution < -0.4 is 5.32 Å². The Morgan fingerprint density at radius 1 is 1.20 bits per heavy atom. The van der Waals surface area contributed by atoms with Gasteiger partial charge in [-0.3, -0.25) is 9.59 Å². The standard InChI is InChI=1S/C14H17Cl2NO3/c1-14(2,3)20-13(19)8-17-12(18)7-9-10(15)5-4-6-11(9)16/h4-6H,7-8H2,1-3H3,(H,17,18). The lowest BCUT2D eigenvalue weighted by Gasteiger charge is -2.19. The smallest absolute Gasteiger partial charge is 0.325 e. The van der Waals surface area contributed by atoms with Gasteiger partial charge in [-0.05, 0) is 38.5 Å². The number of nitrogens with one attached hydrogen (secondary N) is 1. The van der Waals surface area contributed by atoms with Crippen LogP contribution in [-0.4, -0.2) is 24.0 Å². The number of benzene rings is 1. The highest BCUT2D eigenvalue weighted by molar-refractivity contribution is 6.36. The summed E-state index contributed by atoms with van der Waals surface area (Å²) in [5.41, 5.74) is -0.0362. The van der Waals surface area contributed by atoms with Crippen molar-refractivity contribution >= 4 is 35.1 Å². The fourth-order valence-corrected chi connectivity index (χ4v) is 2.00. The lowest BCUT2D eigenvalue weighted by Crippen LogP contribution is -2.35. The van der Waals surface area contributed by atoms with E-state index in [1.54, 1.807) is 39.0 Å². The highest BCUT2D eigenvalue weighted by Crippen LogP contribution is 2.24. The molecule has 6 heteroatoms. The van der Waals surface area contributed by atoms with Crippen molar-refractivity contribution in [1.29, 1.82) is 0 Å². The molecule has 0 radical (unpaired) electrons. The summed E-state index contributed by atoms with van der Waals surface area (Å²) in [4.78, 5) is 23.2. The molecule has 0 aliphatic heterocycles. The number of hydrogen-bond donors (Lipinski definition) is 1. The molecular formula is C14H17Cl2NO3. The molecule has 0 atom stereocenters. The molecule has 1 aromatic carbocycles. The molecule has 0 saturated carbocycles. The summed E-state index contributed by atoms with van der Waals surface area (Å²) < 4.78 is 5.08. The molecule has 110 valence electrons. The molecule has 0 bridgehead atoms. The molecule has 1 aromatic rings. The first-order valence-corrected chi connectivity index (χ1v) is 6.86. The van der Waals surface area contributed by atoms with Gasteiger partial charge < -0.3 is 10.1 Å². The summed E-state index contributed by atoms with van der Waals surface area (Å²) in [6.07, 6.45) is 0.0152. The first-order valence-electron chi connectivity index (χ1n) is 6.10. The van der Waals surface area contributed by atoms with Gasteiger partial charge in [0.2, 0.25) is 5.91 Å². The molecule has 1 rings (SSSR count). The van der Waals surface area contributed by atoms with E-state index in [0.29, 0.717) is 15.6 Å². The molecule has 0 saturated heterocycles. The zero-order chi connectivity index (χ0) is 15.3. The van der Waals surface area contributed by atoms with Crippen LogP contribution in [0.25, 0.3) is 0 Å². The normalized spacial score (nSPS) is 11.1. The molecule has 1 amide bonds. The minimum atomic E-state index is -0.576. The molecule has 1 N–H and O–H groups in total. The average molecular weight is 318 g/mol. The van der Waals surface area contributed by atoms with Gasteiger partial charge in [0.25, 0.3) is 0 Å². The number of esters is 1. The van der Waals surface area contributed by atoms with Crippen molar-refractivity contribution in [2.75, 3.05) is 6.54 Å². The maximum atomic E-state index is 11.8. The van der Waals surface area contributed by atoms with E-state index in [2.05, 4.69) is 5.32 Å². The second kappa shape index (κ2) is 6.95. The molecule has 0 unspecified atom stereocenters. The summed E-state index contributed by atoms with van der Waals surface area (Å²) >= 11 is 11.9. The fourth-order valence-electron chi connectivity index (χ4n) is 1.47. The van der Waals surface area contributed by atoms with Gasteiger partial charge in [0.15, 0.2) is 0 Å². The second-order valence-electron chi connectivity index (χ2n) is 5.24. The Morgan fingerprint density at radius 3 is 2.25 bits per heavy atom. The molecule has 0 fully saturated rings. The van der Waals surface area contributed by atoms with Crippen LogP contribution >= 0.6 is 23.2 Å². The van der Waals surface area contributed by atoms with Gasteiger partial charge >= 0.3 is 5.97 Å². The van der Waals surface area contributed by atoms with Crippen molar-refractivity contribution in [2.45, 2.75) is 32.8 Å². The monoisotopic (exact) mass is 317 g/mol. The van der Waals surface area contributed by atoms with Crippen LogP contribution in [0.15, 0.2) is 18.2 Å². The summed E-state index contributed by atoms with van der Waals surface area (Å²) in [5, 5.41) is 3.32. The number of halogens is 2. The van der Waals surface area contributed by atoms with E-state index >= 15 is 0 Å². The highest BCUT2D eigenvalue weighted by atomic mass is 35.5. The minimum Gasteiger partial charge on any atom is -0.459 e. The van der Waals surface area contributed by atoms with E-state index in [4.69, 9.17) is 27.9 Å². The largest absolute Gasteiger partial charge is 0.459 e. The first kappa shape index (κ1) is 16.8. The topological polar surface area (TPSA) is 55.4 Å². The van der Waals surface area contributed by atoms with Crippen molar-refractivity contribution in [3.63, 3.8) is 0 Å². The molecular weight excluding hydrogens is 301 g/mol. The van der Waals surface area contributed by atoms with E-state index in [1.165, 1.54) is 0 Å². The van der Waals surface area contributed by atoms with Crippen LogP contribution in [0.1, 0.15) is 26.3 Å². The van der Waals surface area contributed by atoms with E-state index in [9.17, 15) is 9.59 Å². The van der Waals surface area contributed by atoms with Crippen LogP contribution in [-0.2, 0) is 20.7 Å². The van der Waals surface area contributed by atoms with Gasteiger partial charge in [-0.2, -0.15) is 0 Å². The minimum absolute atomic E-state index is 0.0152. The third-order valence-electron chi connectivity index (χ3n) is 2.25.